The van der Waals surface area contributed by atoms with E-state index in [1.165, 1.54) is 0 Å². The highest BCUT2D eigenvalue weighted by Gasteiger charge is 2.29. The number of carbonyl (C=O) groups excluding carboxylic acids is 1. The molecule has 32 heavy (non-hydrogen) atoms. The Morgan fingerprint density at radius 2 is 1.91 bits per heavy atom. The number of aryl methyl sites for hydroxylation is 1. The van der Waals surface area contributed by atoms with Gasteiger partial charge in [-0.25, -0.2) is 8.42 Å². The van der Waals surface area contributed by atoms with Gasteiger partial charge in [-0.2, -0.15) is 4.98 Å². The second-order valence-electron chi connectivity index (χ2n) is 7.52. The Labute approximate surface area is 191 Å². The zero-order chi connectivity index (χ0) is 22.6. The third-order valence-electron chi connectivity index (χ3n) is 5.06. The number of rotatable bonds is 8. The Kier molecular flexibility index (Phi) is 6.98. The normalized spacial score (nSPS) is 16.2. The van der Waals surface area contributed by atoms with E-state index in [-0.39, 0.29) is 38.7 Å². The first-order valence-corrected chi connectivity index (χ1v) is 12.8. The molecule has 1 aliphatic rings. The highest BCUT2D eigenvalue weighted by molar-refractivity contribution is 8.00. The number of ether oxygens (including phenoxy) is 1. The fourth-order valence-corrected chi connectivity index (χ4v) is 5.66. The average molecular weight is 473 g/mol. The van der Waals surface area contributed by atoms with Crippen LogP contribution < -0.4 is 5.32 Å². The maximum absolute atomic E-state index is 13.3. The number of sulfone groups is 1. The molecule has 168 valence electrons. The number of nitrogens with zero attached hydrogens (tertiary/aromatic N) is 1. The molecule has 4 rings (SSSR count). The van der Waals surface area contributed by atoms with E-state index in [2.05, 4.69) is 10.3 Å². The average Bonchev–Trinajstić information content (AvgIpc) is 3.47. The lowest BCUT2D eigenvalue weighted by molar-refractivity contribution is -0.119. The summed E-state index contributed by atoms with van der Waals surface area (Å²) >= 11 is 1.02. The molecule has 0 bridgehead atoms. The number of hydrogen-bond acceptors (Lipinski definition) is 7. The molecule has 0 aliphatic carbocycles. The molecule has 2 heterocycles. The number of aromatic nitrogens is 1. The predicted molar refractivity (Wildman–Crippen MR) is 121 cm³/mol. The van der Waals surface area contributed by atoms with Crippen molar-refractivity contribution in [1.82, 2.24) is 10.3 Å². The van der Waals surface area contributed by atoms with Crippen LogP contribution in [0.4, 0.5) is 0 Å². The van der Waals surface area contributed by atoms with Gasteiger partial charge in [0, 0.05) is 18.7 Å². The molecule has 1 aliphatic heterocycles. The van der Waals surface area contributed by atoms with Crippen LogP contribution in [0.3, 0.4) is 0 Å². The van der Waals surface area contributed by atoms with Gasteiger partial charge >= 0.3 is 0 Å². The molecule has 1 amide bonds. The van der Waals surface area contributed by atoms with Crippen molar-refractivity contribution >= 4 is 27.5 Å². The topological polar surface area (TPSA) is 98.5 Å². The van der Waals surface area contributed by atoms with E-state index in [1.54, 1.807) is 36.4 Å². The molecule has 7 nitrogen and oxygen atoms in total. The summed E-state index contributed by atoms with van der Waals surface area (Å²) in [6.07, 6.45) is 1.96. The molecular weight excluding hydrogens is 448 g/mol. The zero-order valence-electron chi connectivity index (χ0n) is 17.6. The Morgan fingerprint density at radius 3 is 2.59 bits per heavy atom. The van der Waals surface area contributed by atoms with E-state index in [9.17, 15) is 13.2 Å². The van der Waals surface area contributed by atoms with Crippen LogP contribution in [-0.2, 0) is 19.4 Å². The standard InChI is InChI=1S/C23H24N2O5S2/c1-16-9-11-19(12-10-16)32(27,28)22-23(30-21(25-22)17-6-3-2-4-7-17)31-15-20(26)24-14-18-8-5-13-29-18/h2-4,6-7,9-12,18H,5,8,13-15H2,1H3,(H,24,26)/t18-/m0/s1. The molecule has 0 unspecified atom stereocenters. The monoisotopic (exact) mass is 472 g/mol. The minimum atomic E-state index is -3.92. The van der Waals surface area contributed by atoms with E-state index in [0.29, 0.717) is 12.1 Å². The van der Waals surface area contributed by atoms with Gasteiger partial charge in [-0.3, -0.25) is 4.79 Å². The van der Waals surface area contributed by atoms with Crippen molar-refractivity contribution in [3.8, 4) is 11.5 Å². The van der Waals surface area contributed by atoms with Crippen LogP contribution in [0.15, 0.2) is 74.0 Å². The molecule has 1 fully saturated rings. The Balaban J connectivity index is 1.57. The SMILES string of the molecule is Cc1ccc(S(=O)(=O)c2nc(-c3ccccc3)oc2SCC(=O)NC[C@@H]2CCCO2)cc1. The Morgan fingerprint density at radius 1 is 1.16 bits per heavy atom. The van der Waals surface area contributed by atoms with Crippen molar-refractivity contribution in [3.63, 3.8) is 0 Å². The fraction of sp³-hybridized carbons (Fsp3) is 0.304. The van der Waals surface area contributed by atoms with E-state index < -0.39 is 9.84 Å². The van der Waals surface area contributed by atoms with Crippen LogP contribution in [-0.4, -0.2) is 44.3 Å². The Hall–Kier alpha value is -2.62. The first-order valence-electron chi connectivity index (χ1n) is 10.3. The van der Waals surface area contributed by atoms with Crippen molar-refractivity contribution in [3.05, 3.63) is 60.2 Å². The minimum Gasteiger partial charge on any atom is -0.428 e. The predicted octanol–water partition coefficient (Wildman–Crippen LogP) is 3.87. The number of nitrogens with one attached hydrogen (secondary N) is 1. The lowest BCUT2D eigenvalue weighted by Gasteiger charge is -2.10. The first kappa shape index (κ1) is 22.6. The highest BCUT2D eigenvalue weighted by Crippen LogP contribution is 2.34. The molecular formula is C23H24N2O5S2. The maximum Gasteiger partial charge on any atom is 0.230 e. The smallest absolute Gasteiger partial charge is 0.230 e. The van der Waals surface area contributed by atoms with Gasteiger partial charge in [-0.05, 0) is 44.0 Å². The summed E-state index contributed by atoms with van der Waals surface area (Å²) in [5, 5.41) is 2.74. The molecule has 1 atom stereocenters. The van der Waals surface area contributed by atoms with Crippen LogP contribution in [0.1, 0.15) is 18.4 Å². The van der Waals surface area contributed by atoms with Crippen LogP contribution in [0.5, 0.6) is 0 Å². The third kappa shape index (κ3) is 5.23. The maximum atomic E-state index is 13.3. The second kappa shape index (κ2) is 9.89. The van der Waals surface area contributed by atoms with Crippen LogP contribution in [0.2, 0.25) is 0 Å². The molecule has 1 aromatic heterocycles. The summed E-state index contributed by atoms with van der Waals surface area (Å²) in [5.41, 5.74) is 1.61. The zero-order valence-corrected chi connectivity index (χ0v) is 19.2. The van der Waals surface area contributed by atoms with Crippen molar-refractivity contribution in [2.24, 2.45) is 0 Å². The third-order valence-corrected chi connectivity index (χ3v) is 7.81. The molecule has 1 saturated heterocycles. The number of amides is 1. The van der Waals surface area contributed by atoms with Crippen molar-refractivity contribution in [1.29, 1.82) is 0 Å². The summed E-state index contributed by atoms with van der Waals surface area (Å²) in [4.78, 5) is 16.8. The van der Waals surface area contributed by atoms with E-state index in [1.807, 2.05) is 25.1 Å². The van der Waals surface area contributed by atoms with Crippen molar-refractivity contribution < 1.29 is 22.4 Å². The van der Waals surface area contributed by atoms with E-state index >= 15 is 0 Å². The van der Waals surface area contributed by atoms with Crippen LogP contribution >= 0.6 is 11.8 Å². The van der Waals surface area contributed by atoms with E-state index in [0.717, 1.165) is 36.8 Å². The number of thioether (sulfide) groups is 1. The largest absolute Gasteiger partial charge is 0.428 e. The van der Waals surface area contributed by atoms with Gasteiger partial charge in [-0.1, -0.05) is 47.7 Å². The first-order chi connectivity index (χ1) is 15.4. The quantitative estimate of drug-likeness (QED) is 0.497. The van der Waals surface area contributed by atoms with E-state index in [4.69, 9.17) is 9.15 Å². The van der Waals surface area contributed by atoms with Crippen LogP contribution in [0.25, 0.3) is 11.5 Å². The number of benzene rings is 2. The molecule has 3 aromatic rings. The van der Waals surface area contributed by atoms with Gasteiger partial charge in [0.05, 0.1) is 16.8 Å². The summed E-state index contributed by atoms with van der Waals surface area (Å²) < 4.78 is 37.9. The lowest BCUT2D eigenvalue weighted by Crippen LogP contribution is -2.32. The number of carbonyl (C=O) groups is 1. The second-order valence-corrected chi connectivity index (χ2v) is 10.3. The van der Waals surface area contributed by atoms with Crippen molar-refractivity contribution in [2.75, 3.05) is 18.9 Å². The van der Waals surface area contributed by atoms with Gasteiger partial charge < -0.3 is 14.5 Å². The molecule has 2 aromatic carbocycles. The number of oxazole rings is 1. The molecule has 0 saturated carbocycles. The van der Waals surface area contributed by atoms with Gasteiger partial charge in [-0.15, -0.1) is 0 Å². The minimum absolute atomic E-state index is 0.00651. The summed E-state index contributed by atoms with van der Waals surface area (Å²) in [6.45, 7) is 3.05. The summed E-state index contributed by atoms with van der Waals surface area (Å²) in [7, 11) is -3.92. The summed E-state index contributed by atoms with van der Waals surface area (Å²) in [6, 6.07) is 15.6. The lowest BCUT2D eigenvalue weighted by atomic mass is 10.2. The fourth-order valence-electron chi connectivity index (χ4n) is 3.30. The molecule has 0 radical (unpaired) electrons. The number of hydrogen-bond donors (Lipinski definition) is 1. The van der Waals surface area contributed by atoms with Crippen molar-refractivity contribution in [2.45, 2.75) is 40.9 Å². The van der Waals surface area contributed by atoms with Gasteiger partial charge in [0.15, 0.2) is 0 Å². The highest BCUT2D eigenvalue weighted by atomic mass is 32.2. The molecule has 0 spiro atoms. The van der Waals surface area contributed by atoms with Gasteiger partial charge in [0.25, 0.3) is 0 Å². The molecule has 9 heteroatoms. The van der Waals surface area contributed by atoms with Crippen LogP contribution in [0, 0.1) is 6.92 Å². The van der Waals surface area contributed by atoms with Gasteiger partial charge in [0.2, 0.25) is 31.8 Å². The molecule has 1 N–H and O–H groups in total. The Bertz CT molecular complexity index is 1170. The summed E-state index contributed by atoms with van der Waals surface area (Å²) in [5.74, 6) is -0.0209. The van der Waals surface area contributed by atoms with Gasteiger partial charge in [0.1, 0.15) is 0 Å².